The molecular formula is C35H60N10O9S. The summed E-state index contributed by atoms with van der Waals surface area (Å²) < 4.78 is 0. The number of aliphatic carboxylic acids is 1. The SMILES string of the molecule is NCCCC[C@H](NC(=O)[C@H](CCCCN)NC(=O)[C@H](CCCCN)NC(=O)[C@H](Cc1ccccc1)NC(=O)CNC(=O)[C@H](CS)NC(=O)[C@@H](N)CO)C(=O)O. The number of carboxylic acids is 1. The standard InChI is InChI=1S/C35H60N10O9S/c36-15-7-4-12-24(32(50)42-25(13-5-8-16-37)33(51)44-26(35(53)54)14-6-9-17-38)43-34(52)27(18-22-10-2-1-3-11-22)41-29(47)19-40-31(49)28(21-55)45-30(48)23(39)20-46/h1-3,10-11,23-28,46,55H,4-9,12-21,36-39H2,(H,40,49)(H,41,47)(H,42,50)(H,43,52)(H,44,51)(H,45,48)(H,53,54)/t23-,24-,25-,26-,27-,28-/m0/s1. The Labute approximate surface area is 327 Å². The zero-order chi connectivity index (χ0) is 41.2. The van der Waals surface area contributed by atoms with Gasteiger partial charge in [0.1, 0.15) is 36.3 Å². The summed E-state index contributed by atoms with van der Waals surface area (Å²) in [6.07, 6.45) is 3.39. The maximum Gasteiger partial charge on any atom is 0.326 e. The van der Waals surface area contributed by atoms with Crippen molar-refractivity contribution < 1.29 is 43.8 Å². The quantitative estimate of drug-likeness (QED) is 0.0277. The summed E-state index contributed by atoms with van der Waals surface area (Å²) in [6, 6.07) is 1.54. The monoisotopic (exact) mass is 796 g/mol. The number of nitrogens with one attached hydrogen (secondary N) is 6. The smallest absolute Gasteiger partial charge is 0.326 e. The normalized spacial score (nSPS) is 14.2. The van der Waals surface area contributed by atoms with Gasteiger partial charge in [-0.15, -0.1) is 0 Å². The maximum atomic E-state index is 13.8. The third-order valence-electron chi connectivity index (χ3n) is 8.43. The molecule has 55 heavy (non-hydrogen) atoms. The molecule has 0 aromatic heterocycles. The fourth-order valence-corrected chi connectivity index (χ4v) is 5.50. The fraction of sp³-hybridized carbons (Fsp3) is 0.629. The average molecular weight is 797 g/mol. The third-order valence-corrected chi connectivity index (χ3v) is 8.79. The predicted octanol–water partition coefficient (Wildman–Crippen LogP) is -3.51. The molecule has 0 unspecified atom stereocenters. The summed E-state index contributed by atoms with van der Waals surface area (Å²) in [7, 11) is 0. The van der Waals surface area contributed by atoms with Gasteiger partial charge < -0.3 is 65.0 Å². The van der Waals surface area contributed by atoms with Crippen molar-refractivity contribution in [1.82, 2.24) is 31.9 Å². The summed E-state index contributed by atoms with van der Waals surface area (Å²) in [6.45, 7) is -0.225. The minimum Gasteiger partial charge on any atom is -0.480 e. The number of benzene rings is 1. The number of carbonyl (C=O) groups excluding carboxylic acids is 6. The molecule has 6 atom stereocenters. The van der Waals surface area contributed by atoms with Crippen LogP contribution in [0.2, 0.25) is 0 Å². The van der Waals surface area contributed by atoms with Crippen LogP contribution in [-0.4, -0.2) is 126 Å². The van der Waals surface area contributed by atoms with Crippen LogP contribution in [0.3, 0.4) is 0 Å². The van der Waals surface area contributed by atoms with Gasteiger partial charge >= 0.3 is 5.97 Å². The van der Waals surface area contributed by atoms with Crippen LogP contribution in [0.4, 0.5) is 0 Å². The van der Waals surface area contributed by atoms with Crippen LogP contribution in [0.15, 0.2) is 30.3 Å². The van der Waals surface area contributed by atoms with E-state index < -0.39 is 90.8 Å². The summed E-state index contributed by atoms with van der Waals surface area (Å²) in [5.74, 6) is -5.84. The largest absolute Gasteiger partial charge is 0.480 e. The van der Waals surface area contributed by atoms with Gasteiger partial charge in [-0.25, -0.2) is 4.79 Å². The van der Waals surface area contributed by atoms with Crippen molar-refractivity contribution in [3.8, 4) is 0 Å². The lowest BCUT2D eigenvalue weighted by Gasteiger charge is -2.26. The predicted molar refractivity (Wildman–Crippen MR) is 208 cm³/mol. The van der Waals surface area contributed by atoms with E-state index in [-0.39, 0.29) is 31.4 Å². The molecule has 1 aromatic rings. The van der Waals surface area contributed by atoms with E-state index in [1.54, 1.807) is 30.3 Å². The van der Waals surface area contributed by atoms with E-state index in [0.717, 1.165) is 0 Å². The number of thiol groups is 1. The lowest BCUT2D eigenvalue weighted by Crippen LogP contribution is -2.58. The number of aliphatic hydroxyl groups excluding tert-OH is 1. The molecule has 0 radical (unpaired) electrons. The molecule has 19 nitrogen and oxygen atoms in total. The molecule has 0 fully saturated rings. The van der Waals surface area contributed by atoms with Crippen LogP contribution in [0.1, 0.15) is 63.4 Å². The van der Waals surface area contributed by atoms with Gasteiger partial charge in [-0.1, -0.05) is 30.3 Å². The molecule has 16 N–H and O–H groups in total. The first-order chi connectivity index (χ1) is 26.3. The number of hydrogen-bond acceptors (Lipinski definition) is 13. The Kier molecular flexibility index (Phi) is 24.9. The van der Waals surface area contributed by atoms with E-state index in [9.17, 15) is 38.7 Å². The first kappa shape index (κ1) is 48.7. The molecule has 0 saturated heterocycles. The second-order valence-corrected chi connectivity index (χ2v) is 13.3. The Morgan fingerprint density at radius 1 is 0.600 bits per heavy atom. The number of amides is 6. The molecule has 0 heterocycles. The van der Waals surface area contributed by atoms with E-state index in [2.05, 4.69) is 44.5 Å². The third kappa shape index (κ3) is 19.7. The van der Waals surface area contributed by atoms with Gasteiger partial charge in [0.2, 0.25) is 35.4 Å². The van der Waals surface area contributed by atoms with Crippen LogP contribution in [0, 0.1) is 0 Å². The van der Waals surface area contributed by atoms with Gasteiger partial charge in [0.15, 0.2) is 0 Å². The van der Waals surface area contributed by atoms with E-state index in [0.29, 0.717) is 63.7 Å². The number of carbonyl (C=O) groups is 7. The number of hydrogen-bond donors (Lipinski definition) is 13. The van der Waals surface area contributed by atoms with Crippen LogP contribution in [0.5, 0.6) is 0 Å². The Balaban J connectivity index is 3.21. The van der Waals surface area contributed by atoms with Crippen LogP contribution in [0.25, 0.3) is 0 Å². The maximum absolute atomic E-state index is 13.8. The molecular weight excluding hydrogens is 737 g/mol. The molecule has 0 aliphatic heterocycles. The number of unbranched alkanes of at least 4 members (excludes halogenated alkanes) is 3. The minimum atomic E-state index is -1.27. The van der Waals surface area contributed by atoms with Crippen molar-refractivity contribution in [3.05, 3.63) is 35.9 Å². The van der Waals surface area contributed by atoms with E-state index in [1.165, 1.54) is 0 Å². The molecule has 0 bridgehead atoms. The molecule has 0 aliphatic rings. The van der Waals surface area contributed by atoms with Gasteiger partial charge in [0, 0.05) is 12.2 Å². The molecule has 20 heteroatoms. The summed E-state index contributed by atoms with van der Waals surface area (Å²) >= 11 is 4.05. The van der Waals surface area contributed by atoms with Gasteiger partial charge in [0.05, 0.1) is 13.2 Å². The minimum absolute atomic E-state index is 0.00270. The van der Waals surface area contributed by atoms with Gasteiger partial charge in [-0.3, -0.25) is 28.8 Å². The van der Waals surface area contributed by atoms with Crippen molar-refractivity contribution in [2.75, 3.05) is 38.5 Å². The second-order valence-electron chi connectivity index (χ2n) is 12.9. The van der Waals surface area contributed by atoms with Crippen molar-refractivity contribution in [3.63, 3.8) is 0 Å². The highest BCUT2D eigenvalue weighted by Gasteiger charge is 2.31. The Morgan fingerprint density at radius 2 is 1.05 bits per heavy atom. The fourth-order valence-electron chi connectivity index (χ4n) is 5.24. The first-order valence-corrected chi connectivity index (χ1v) is 19.1. The molecule has 1 aromatic carbocycles. The highest BCUT2D eigenvalue weighted by Crippen LogP contribution is 2.09. The van der Waals surface area contributed by atoms with Crippen LogP contribution in [-0.2, 0) is 40.0 Å². The van der Waals surface area contributed by atoms with Crippen LogP contribution >= 0.6 is 12.6 Å². The molecule has 6 amide bonds. The zero-order valence-corrected chi connectivity index (χ0v) is 32.1. The molecule has 0 aliphatic carbocycles. The highest BCUT2D eigenvalue weighted by molar-refractivity contribution is 7.80. The molecule has 310 valence electrons. The summed E-state index contributed by atoms with van der Waals surface area (Å²) in [4.78, 5) is 90.7. The van der Waals surface area contributed by atoms with Gasteiger partial charge in [-0.2, -0.15) is 12.6 Å². The summed E-state index contributed by atoms with van der Waals surface area (Å²) in [5, 5.41) is 34.0. The highest BCUT2D eigenvalue weighted by atomic mass is 32.1. The zero-order valence-electron chi connectivity index (χ0n) is 31.2. The molecule has 0 spiro atoms. The van der Waals surface area contributed by atoms with Crippen LogP contribution < -0.4 is 54.8 Å². The van der Waals surface area contributed by atoms with E-state index in [4.69, 9.17) is 28.0 Å². The van der Waals surface area contributed by atoms with E-state index in [1.807, 2.05) is 0 Å². The lowest BCUT2D eigenvalue weighted by atomic mass is 10.0. The lowest BCUT2D eigenvalue weighted by molar-refractivity contribution is -0.142. The van der Waals surface area contributed by atoms with Crippen molar-refractivity contribution in [1.29, 1.82) is 0 Å². The second kappa shape index (κ2) is 28.1. The Hall–Kier alpha value is -4.34. The topological polar surface area (TPSA) is 336 Å². The number of rotatable bonds is 29. The van der Waals surface area contributed by atoms with E-state index >= 15 is 0 Å². The number of aliphatic hydroxyl groups is 1. The van der Waals surface area contributed by atoms with Crippen molar-refractivity contribution in [2.24, 2.45) is 22.9 Å². The van der Waals surface area contributed by atoms with Crippen molar-refractivity contribution >= 4 is 54.0 Å². The first-order valence-electron chi connectivity index (χ1n) is 18.4. The number of nitrogens with two attached hydrogens (primary N) is 4. The molecule has 0 saturated carbocycles. The van der Waals surface area contributed by atoms with Gasteiger partial charge in [0.25, 0.3) is 0 Å². The molecule has 1 rings (SSSR count). The average Bonchev–Trinajstić information content (AvgIpc) is 3.17. The number of carboxylic acid groups (broad SMARTS) is 1. The van der Waals surface area contributed by atoms with Gasteiger partial charge in [-0.05, 0) is 83.0 Å². The Morgan fingerprint density at radius 3 is 1.51 bits per heavy atom. The summed E-state index contributed by atoms with van der Waals surface area (Å²) in [5.41, 5.74) is 23.0. The Bertz CT molecular complexity index is 1360. The van der Waals surface area contributed by atoms with Crippen molar-refractivity contribution in [2.45, 2.75) is 100 Å².